The lowest BCUT2D eigenvalue weighted by Gasteiger charge is -2.45. The SMILES string of the molecule is COCCN(C[C@@H]1CCCN2CCCC[C@H]12)C(=O)Cn1ccc2c(NC(C)=O)cccc21. The number of anilines is 1. The summed E-state index contributed by atoms with van der Waals surface area (Å²) in [5.41, 5.74) is 1.73. The van der Waals surface area contributed by atoms with E-state index in [1.165, 1.54) is 52.1 Å². The number of hydrogen-bond donors (Lipinski definition) is 1. The van der Waals surface area contributed by atoms with Gasteiger partial charge in [-0.2, -0.15) is 0 Å². The molecule has 1 aromatic carbocycles. The fraction of sp³-hybridized carbons (Fsp3) is 0.600. The number of piperidine rings is 2. The molecule has 0 spiro atoms. The summed E-state index contributed by atoms with van der Waals surface area (Å²) in [6.07, 6.45) is 8.22. The third kappa shape index (κ3) is 5.15. The summed E-state index contributed by atoms with van der Waals surface area (Å²) in [6.45, 7) is 6.18. The van der Waals surface area contributed by atoms with Gasteiger partial charge in [-0.05, 0) is 62.9 Å². The number of benzene rings is 1. The van der Waals surface area contributed by atoms with Gasteiger partial charge in [0, 0.05) is 44.7 Å². The minimum absolute atomic E-state index is 0.101. The van der Waals surface area contributed by atoms with E-state index in [1.807, 2.05) is 39.9 Å². The molecule has 3 heterocycles. The predicted molar refractivity (Wildman–Crippen MR) is 127 cm³/mol. The van der Waals surface area contributed by atoms with Gasteiger partial charge in [0.1, 0.15) is 6.54 Å². The molecule has 2 aromatic rings. The van der Waals surface area contributed by atoms with Crippen LogP contribution in [0.5, 0.6) is 0 Å². The normalized spacial score (nSPS) is 21.3. The molecule has 2 amide bonds. The number of amides is 2. The van der Waals surface area contributed by atoms with Crippen LogP contribution in [-0.2, 0) is 20.9 Å². The Balaban J connectivity index is 1.49. The first-order chi connectivity index (χ1) is 15.6. The maximum absolute atomic E-state index is 13.4. The van der Waals surface area contributed by atoms with E-state index >= 15 is 0 Å². The van der Waals surface area contributed by atoms with Gasteiger partial charge >= 0.3 is 0 Å². The van der Waals surface area contributed by atoms with Crippen molar-refractivity contribution < 1.29 is 14.3 Å². The Labute approximate surface area is 190 Å². The smallest absolute Gasteiger partial charge is 0.242 e. The van der Waals surface area contributed by atoms with E-state index in [0.29, 0.717) is 25.1 Å². The van der Waals surface area contributed by atoms with Gasteiger partial charge in [0.15, 0.2) is 0 Å². The number of ether oxygens (including phenoxy) is 1. The highest BCUT2D eigenvalue weighted by atomic mass is 16.5. The molecule has 0 saturated carbocycles. The van der Waals surface area contributed by atoms with Crippen LogP contribution in [0.3, 0.4) is 0 Å². The quantitative estimate of drug-likeness (QED) is 0.684. The number of carbonyl (C=O) groups is 2. The zero-order chi connectivity index (χ0) is 22.5. The van der Waals surface area contributed by atoms with E-state index in [9.17, 15) is 9.59 Å². The highest BCUT2D eigenvalue weighted by molar-refractivity contribution is 6.01. The first-order valence-corrected chi connectivity index (χ1v) is 11.9. The van der Waals surface area contributed by atoms with Crippen LogP contribution >= 0.6 is 0 Å². The molecule has 174 valence electrons. The van der Waals surface area contributed by atoms with Crippen molar-refractivity contribution in [3.05, 3.63) is 30.5 Å². The zero-order valence-electron chi connectivity index (χ0n) is 19.4. The standard InChI is InChI=1S/C25H36N4O3/c1-19(30)26-22-8-5-10-24-21(22)11-14-28(24)18-25(31)29(15-16-32-2)17-20-7-6-13-27-12-4-3-9-23(20)27/h5,8,10-11,14,20,23H,3-4,6-7,9,12-13,15-18H2,1-2H3,(H,26,30)/t20-,23+/m0/s1. The summed E-state index contributed by atoms with van der Waals surface area (Å²) in [5, 5.41) is 3.83. The van der Waals surface area contributed by atoms with Crippen molar-refractivity contribution >= 4 is 28.4 Å². The van der Waals surface area contributed by atoms with Gasteiger partial charge in [-0.1, -0.05) is 12.5 Å². The van der Waals surface area contributed by atoms with E-state index in [0.717, 1.165) is 23.1 Å². The van der Waals surface area contributed by atoms with E-state index in [-0.39, 0.29) is 18.4 Å². The van der Waals surface area contributed by atoms with Crippen LogP contribution in [0.1, 0.15) is 39.0 Å². The maximum atomic E-state index is 13.4. The second-order valence-electron chi connectivity index (χ2n) is 9.20. The second kappa shape index (κ2) is 10.5. The van der Waals surface area contributed by atoms with Crippen molar-refractivity contribution in [1.82, 2.24) is 14.4 Å². The molecule has 0 aliphatic carbocycles. The Kier molecular flexibility index (Phi) is 7.48. The Morgan fingerprint density at radius 1 is 1.16 bits per heavy atom. The average Bonchev–Trinajstić information content (AvgIpc) is 3.20. The maximum Gasteiger partial charge on any atom is 0.242 e. The van der Waals surface area contributed by atoms with Crippen LogP contribution in [0.15, 0.2) is 30.5 Å². The summed E-state index contributed by atoms with van der Waals surface area (Å²) < 4.78 is 7.31. The summed E-state index contributed by atoms with van der Waals surface area (Å²) >= 11 is 0. The summed E-state index contributed by atoms with van der Waals surface area (Å²) in [7, 11) is 1.69. The molecule has 0 unspecified atom stereocenters. The van der Waals surface area contributed by atoms with Crippen LogP contribution < -0.4 is 5.32 Å². The van der Waals surface area contributed by atoms with Crippen molar-refractivity contribution in [3.8, 4) is 0 Å². The number of hydrogen-bond acceptors (Lipinski definition) is 4. The van der Waals surface area contributed by atoms with Crippen molar-refractivity contribution in [2.45, 2.75) is 51.6 Å². The lowest BCUT2D eigenvalue weighted by atomic mass is 9.83. The van der Waals surface area contributed by atoms with Crippen molar-refractivity contribution in [3.63, 3.8) is 0 Å². The minimum atomic E-state index is -0.101. The number of methoxy groups -OCH3 is 1. The number of nitrogens with zero attached hydrogens (tertiary/aromatic N) is 3. The lowest BCUT2D eigenvalue weighted by Crippen LogP contribution is -2.52. The summed E-state index contributed by atoms with van der Waals surface area (Å²) in [6, 6.07) is 8.38. The van der Waals surface area contributed by atoms with Gasteiger partial charge in [-0.25, -0.2) is 0 Å². The fourth-order valence-corrected chi connectivity index (χ4v) is 5.50. The monoisotopic (exact) mass is 440 g/mol. The molecule has 1 aromatic heterocycles. The molecule has 7 heteroatoms. The van der Waals surface area contributed by atoms with Crippen LogP contribution in [-0.4, -0.2) is 72.1 Å². The Morgan fingerprint density at radius 2 is 2.00 bits per heavy atom. The van der Waals surface area contributed by atoms with Gasteiger partial charge in [0.05, 0.1) is 17.8 Å². The average molecular weight is 441 g/mol. The van der Waals surface area contributed by atoms with Crippen LogP contribution in [0.2, 0.25) is 0 Å². The number of aromatic nitrogens is 1. The molecule has 7 nitrogen and oxygen atoms in total. The highest BCUT2D eigenvalue weighted by Crippen LogP contribution is 2.31. The second-order valence-corrected chi connectivity index (χ2v) is 9.20. The van der Waals surface area contributed by atoms with Crippen LogP contribution in [0.25, 0.3) is 10.9 Å². The third-order valence-corrected chi connectivity index (χ3v) is 7.03. The Bertz CT molecular complexity index is 938. The molecular formula is C25H36N4O3. The molecule has 2 aliphatic heterocycles. The minimum Gasteiger partial charge on any atom is -0.383 e. The summed E-state index contributed by atoms with van der Waals surface area (Å²) in [4.78, 5) is 29.6. The number of carbonyl (C=O) groups excluding carboxylic acids is 2. The van der Waals surface area contributed by atoms with Gasteiger partial charge in [-0.3, -0.25) is 9.59 Å². The molecule has 0 radical (unpaired) electrons. The molecule has 32 heavy (non-hydrogen) atoms. The predicted octanol–water partition coefficient (Wildman–Crippen LogP) is 3.34. The molecule has 2 atom stereocenters. The number of nitrogens with one attached hydrogen (secondary N) is 1. The van der Waals surface area contributed by atoms with E-state index in [4.69, 9.17) is 4.74 Å². The van der Waals surface area contributed by atoms with Crippen molar-refractivity contribution in [1.29, 1.82) is 0 Å². The van der Waals surface area contributed by atoms with E-state index in [1.54, 1.807) is 7.11 Å². The Morgan fingerprint density at radius 3 is 2.81 bits per heavy atom. The van der Waals surface area contributed by atoms with Crippen molar-refractivity contribution in [2.24, 2.45) is 5.92 Å². The van der Waals surface area contributed by atoms with Crippen LogP contribution in [0, 0.1) is 5.92 Å². The van der Waals surface area contributed by atoms with Gasteiger partial charge in [0.2, 0.25) is 11.8 Å². The highest BCUT2D eigenvalue weighted by Gasteiger charge is 2.34. The third-order valence-electron chi connectivity index (χ3n) is 7.03. The van der Waals surface area contributed by atoms with Gasteiger partial charge in [-0.15, -0.1) is 0 Å². The number of fused-ring (bicyclic) bond motifs is 2. The van der Waals surface area contributed by atoms with Crippen molar-refractivity contribution in [2.75, 3.05) is 45.2 Å². The molecule has 4 rings (SSSR count). The molecular weight excluding hydrogens is 404 g/mol. The van der Waals surface area contributed by atoms with E-state index in [2.05, 4.69) is 10.2 Å². The van der Waals surface area contributed by atoms with Gasteiger partial charge in [0.25, 0.3) is 0 Å². The molecule has 2 aliphatic rings. The molecule has 2 fully saturated rings. The summed E-state index contributed by atoms with van der Waals surface area (Å²) in [5.74, 6) is 0.561. The zero-order valence-corrected chi connectivity index (χ0v) is 19.4. The first kappa shape index (κ1) is 22.8. The topological polar surface area (TPSA) is 66.8 Å². The number of rotatable bonds is 8. The molecule has 2 saturated heterocycles. The lowest BCUT2D eigenvalue weighted by molar-refractivity contribution is -0.134. The fourth-order valence-electron chi connectivity index (χ4n) is 5.50. The van der Waals surface area contributed by atoms with Gasteiger partial charge < -0.3 is 24.4 Å². The molecule has 0 bridgehead atoms. The largest absolute Gasteiger partial charge is 0.383 e. The van der Waals surface area contributed by atoms with E-state index < -0.39 is 0 Å². The first-order valence-electron chi connectivity index (χ1n) is 11.9. The van der Waals surface area contributed by atoms with Crippen LogP contribution in [0.4, 0.5) is 5.69 Å². The Hall–Kier alpha value is -2.38. The molecule has 1 N–H and O–H groups in total.